The van der Waals surface area contributed by atoms with Crippen molar-refractivity contribution in [2.75, 3.05) is 0 Å². The van der Waals surface area contributed by atoms with E-state index in [1.54, 1.807) is 6.08 Å². The van der Waals surface area contributed by atoms with Crippen LogP contribution in [0.1, 0.15) is 46.5 Å². The molecule has 0 amide bonds. The van der Waals surface area contributed by atoms with Crippen molar-refractivity contribution in [2.24, 2.45) is 5.41 Å². The highest BCUT2D eigenvalue weighted by Gasteiger charge is 2.26. The summed E-state index contributed by atoms with van der Waals surface area (Å²) >= 11 is 0. The third-order valence-electron chi connectivity index (χ3n) is 3.89. The van der Waals surface area contributed by atoms with E-state index < -0.39 is 5.97 Å². The monoisotopic (exact) mass is 286 g/mol. The molecule has 0 saturated heterocycles. The lowest BCUT2D eigenvalue weighted by molar-refractivity contribution is -0.131. The highest BCUT2D eigenvalue weighted by Crippen LogP contribution is 2.40. The molecule has 0 fully saturated rings. The maximum Gasteiger partial charge on any atom is 0.328 e. The molecular weight excluding hydrogens is 260 g/mol. The van der Waals surface area contributed by atoms with Gasteiger partial charge >= 0.3 is 5.97 Å². The van der Waals surface area contributed by atoms with E-state index in [-0.39, 0.29) is 5.41 Å². The zero-order valence-corrected chi connectivity index (χ0v) is 13.4. The molecule has 2 heteroatoms. The number of rotatable bonds is 6. The number of carboxylic acids is 1. The molecule has 0 aromatic heterocycles. The van der Waals surface area contributed by atoms with E-state index in [1.807, 2.05) is 6.08 Å². The van der Waals surface area contributed by atoms with Crippen LogP contribution < -0.4 is 0 Å². The van der Waals surface area contributed by atoms with Crippen LogP contribution in [0.2, 0.25) is 0 Å². The van der Waals surface area contributed by atoms with Crippen LogP contribution in [-0.2, 0) is 4.79 Å². The summed E-state index contributed by atoms with van der Waals surface area (Å²) in [5.41, 5.74) is 4.19. The van der Waals surface area contributed by atoms with Gasteiger partial charge < -0.3 is 5.11 Å². The summed E-state index contributed by atoms with van der Waals surface area (Å²) in [6.07, 6.45) is 15.0. The lowest BCUT2D eigenvalue weighted by atomic mass is 9.72. The van der Waals surface area contributed by atoms with Crippen molar-refractivity contribution in [3.63, 3.8) is 0 Å². The molecule has 1 aliphatic carbocycles. The van der Waals surface area contributed by atoms with E-state index >= 15 is 0 Å². The van der Waals surface area contributed by atoms with Crippen molar-refractivity contribution < 1.29 is 9.90 Å². The molecule has 1 aliphatic rings. The fraction of sp³-hybridized carbons (Fsp3) is 0.421. The predicted molar refractivity (Wildman–Crippen MR) is 89.1 cm³/mol. The zero-order chi connectivity index (χ0) is 15.9. The first kappa shape index (κ1) is 17.2. The molecule has 0 radical (unpaired) electrons. The van der Waals surface area contributed by atoms with Crippen LogP contribution in [-0.4, -0.2) is 11.1 Å². The van der Waals surface area contributed by atoms with E-state index in [0.29, 0.717) is 0 Å². The highest BCUT2D eigenvalue weighted by atomic mass is 16.4. The van der Waals surface area contributed by atoms with Gasteiger partial charge in [0.15, 0.2) is 0 Å². The number of hydrogen-bond donors (Lipinski definition) is 1. The van der Waals surface area contributed by atoms with Crippen LogP contribution in [0.4, 0.5) is 0 Å². The van der Waals surface area contributed by atoms with Gasteiger partial charge in [-0.2, -0.15) is 0 Å². The molecule has 1 N–H and O–H groups in total. The second kappa shape index (κ2) is 7.82. The molecule has 0 unspecified atom stereocenters. The molecule has 0 saturated carbocycles. The Morgan fingerprint density at radius 1 is 1.33 bits per heavy atom. The molecule has 0 bridgehead atoms. The van der Waals surface area contributed by atoms with Gasteiger partial charge in [-0.15, -0.1) is 0 Å². The molecule has 0 heterocycles. The predicted octanol–water partition coefficient (Wildman–Crippen LogP) is 5.21. The summed E-state index contributed by atoms with van der Waals surface area (Å²) in [6, 6.07) is 0. The van der Waals surface area contributed by atoms with E-state index in [9.17, 15) is 4.79 Å². The van der Waals surface area contributed by atoms with E-state index in [1.165, 1.54) is 36.5 Å². The fourth-order valence-electron chi connectivity index (χ4n) is 2.72. The van der Waals surface area contributed by atoms with Crippen LogP contribution in [0.3, 0.4) is 0 Å². The molecule has 0 aliphatic heterocycles. The van der Waals surface area contributed by atoms with Gasteiger partial charge in [-0.1, -0.05) is 62.0 Å². The quantitative estimate of drug-likeness (QED) is 0.537. The fourth-order valence-corrected chi connectivity index (χ4v) is 2.72. The average Bonchev–Trinajstić information content (AvgIpc) is 2.36. The molecule has 0 spiro atoms. The van der Waals surface area contributed by atoms with Crippen molar-refractivity contribution >= 4 is 5.97 Å². The van der Waals surface area contributed by atoms with Crippen LogP contribution >= 0.6 is 0 Å². The SMILES string of the molecule is C=C(/C=C/C1=C(C)CCCC1(C)C)C/C=C/C=C\C(=O)O. The lowest BCUT2D eigenvalue weighted by Crippen LogP contribution is -2.19. The summed E-state index contributed by atoms with van der Waals surface area (Å²) in [4.78, 5) is 10.3. The highest BCUT2D eigenvalue weighted by molar-refractivity contribution is 5.80. The van der Waals surface area contributed by atoms with Gasteiger partial charge in [0.25, 0.3) is 0 Å². The Bertz CT molecular complexity index is 514. The van der Waals surface area contributed by atoms with E-state index in [4.69, 9.17) is 5.11 Å². The van der Waals surface area contributed by atoms with Crippen LogP contribution in [0, 0.1) is 5.41 Å². The number of allylic oxidation sites excluding steroid dienone is 8. The summed E-state index contributed by atoms with van der Waals surface area (Å²) in [5, 5.41) is 8.47. The summed E-state index contributed by atoms with van der Waals surface area (Å²) in [7, 11) is 0. The first-order valence-corrected chi connectivity index (χ1v) is 7.45. The van der Waals surface area contributed by atoms with Crippen LogP contribution in [0.15, 0.2) is 59.8 Å². The average molecular weight is 286 g/mol. The third-order valence-corrected chi connectivity index (χ3v) is 3.89. The normalized spacial score (nSPS) is 19.0. The number of carbonyl (C=O) groups is 1. The molecule has 2 nitrogen and oxygen atoms in total. The maximum absolute atomic E-state index is 10.3. The van der Waals surface area contributed by atoms with Crippen LogP contribution in [0.25, 0.3) is 0 Å². The Morgan fingerprint density at radius 3 is 2.67 bits per heavy atom. The van der Waals surface area contributed by atoms with Gasteiger partial charge in [-0.05, 0) is 43.6 Å². The van der Waals surface area contributed by atoms with Gasteiger partial charge in [0, 0.05) is 6.08 Å². The van der Waals surface area contributed by atoms with E-state index in [2.05, 4.69) is 39.5 Å². The largest absolute Gasteiger partial charge is 0.478 e. The molecule has 21 heavy (non-hydrogen) atoms. The minimum Gasteiger partial charge on any atom is -0.478 e. The molecule has 1 rings (SSSR count). The minimum absolute atomic E-state index is 0.249. The van der Waals surface area contributed by atoms with Crippen LogP contribution in [0.5, 0.6) is 0 Å². The van der Waals surface area contributed by atoms with Gasteiger partial charge in [0.05, 0.1) is 0 Å². The molecular formula is C19H26O2. The Morgan fingerprint density at radius 2 is 2.05 bits per heavy atom. The first-order valence-electron chi connectivity index (χ1n) is 7.45. The minimum atomic E-state index is -0.930. The van der Waals surface area contributed by atoms with Crippen molar-refractivity contribution in [3.8, 4) is 0 Å². The van der Waals surface area contributed by atoms with E-state index in [0.717, 1.165) is 18.1 Å². The van der Waals surface area contributed by atoms with Gasteiger partial charge in [0.2, 0.25) is 0 Å². The summed E-state index contributed by atoms with van der Waals surface area (Å²) < 4.78 is 0. The van der Waals surface area contributed by atoms with Crippen molar-refractivity contribution in [1.29, 1.82) is 0 Å². The Hall–Kier alpha value is -1.83. The second-order valence-corrected chi connectivity index (χ2v) is 6.25. The van der Waals surface area contributed by atoms with Crippen molar-refractivity contribution in [1.82, 2.24) is 0 Å². The van der Waals surface area contributed by atoms with Crippen molar-refractivity contribution in [3.05, 3.63) is 59.8 Å². The Kier molecular flexibility index (Phi) is 6.41. The first-order chi connectivity index (χ1) is 9.83. The standard InChI is InChI=1S/C19H26O2/c1-15(9-6-5-7-11-18(20)21)12-13-17-16(2)10-8-14-19(17,3)4/h5-7,11-13H,1,8-10,14H2,2-4H3,(H,20,21)/b6-5+,11-7-,13-12+. The number of aliphatic carboxylic acids is 1. The Balaban J connectivity index is 2.60. The molecule has 0 aromatic carbocycles. The van der Waals surface area contributed by atoms with Crippen molar-refractivity contribution in [2.45, 2.75) is 46.5 Å². The molecule has 114 valence electrons. The van der Waals surface area contributed by atoms with Gasteiger partial charge in [-0.25, -0.2) is 4.79 Å². The Labute approximate surface area is 128 Å². The number of carboxylic acid groups (broad SMARTS) is 1. The third kappa shape index (κ3) is 5.99. The van der Waals surface area contributed by atoms with Gasteiger partial charge in [0.1, 0.15) is 0 Å². The summed E-state index contributed by atoms with van der Waals surface area (Å²) in [6.45, 7) is 10.9. The second-order valence-electron chi connectivity index (χ2n) is 6.25. The smallest absolute Gasteiger partial charge is 0.328 e. The topological polar surface area (TPSA) is 37.3 Å². The molecule has 0 aromatic rings. The summed E-state index contributed by atoms with van der Waals surface area (Å²) in [5.74, 6) is -0.930. The number of hydrogen-bond acceptors (Lipinski definition) is 1. The van der Waals surface area contributed by atoms with Gasteiger partial charge in [-0.3, -0.25) is 0 Å². The molecule has 0 atom stereocenters. The lowest BCUT2D eigenvalue weighted by Gasteiger charge is -2.33. The zero-order valence-electron chi connectivity index (χ0n) is 13.4. The maximum atomic E-state index is 10.3.